The summed E-state index contributed by atoms with van der Waals surface area (Å²) in [6.07, 6.45) is 1.51. The van der Waals surface area contributed by atoms with Gasteiger partial charge < -0.3 is 14.9 Å². The Morgan fingerprint density at radius 2 is 1.67 bits per heavy atom. The number of hydrogen-bond acceptors (Lipinski definition) is 5. The molecule has 30 heavy (non-hydrogen) atoms. The van der Waals surface area contributed by atoms with Crippen molar-refractivity contribution in [3.8, 4) is 17.6 Å². The maximum absolute atomic E-state index is 14.2. The van der Waals surface area contributed by atoms with E-state index in [1.165, 1.54) is 12.3 Å². The van der Waals surface area contributed by atoms with Crippen molar-refractivity contribution in [3.05, 3.63) is 58.9 Å². The molecule has 0 amide bonds. The van der Waals surface area contributed by atoms with E-state index in [4.69, 9.17) is 0 Å². The molecule has 158 valence electrons. The predicted molar refractivity (Wildman–Crippen MR) is 121 cm³/mol. The minimum Gasteiger partial charge on any atom is -0.504 e. The van der Waals surface area contributed by atoms with Crippen LogP contribution in [0.5, 0.6) is 5.75 Å². The first-order chi connectivity index (χ1) is 14.5. The number of rotatable bonds is 5. The summed E-state index contributed by atoms with van der Waals surface area (Å²) in [5, 5.41) is 16.4. The fourth-order valence-electron chi connectivity index (χ4n) is 3.33. The first-order valence-electron chi connectivity index (χ1n) is 10.4. The number of phenols is 1. The fourth-order valence-corrected chi connectivity index (χ4v) is 3.33. The van der Waals surface area contributed by atoms with Crippen LogP contribution in [0, 0.1) is 17.7 Å². The molecule has 5 nitrogen and oxygen atoms in total. The molecule has 0 saturated carbocycles. The van der Waals surface area contributed by atoms with Gasteiger partial charge in [0, 0.05) is 61.6 Å². The number of hydrogen-bond donors (Lipinski definition) is 1. The third-order valence-corrected chi connectivity index (χ3v) is 5.28. The highest BCUT2D eigenvalue weighted by Gasteiger charge is 2.12. The van der Waals surface area contributed by atoms with Crippen molar-refractivity contribution >= 4 is 11.9 Å². The van der Waals surface area contributed by atoms with Crippen LogP contribution in [0.3, 0.4) is 0 Å². The number of phenolic OH excluding ortho intramolecular Hbond substituents is 1. The molecule has 0 spiro atoms. The normalized spacial score (nSPS) is 14.6. The van der Waals surface area contributed by atoms with E-state index in [-0.39, 0.29) is 0 Å². The number of hydrazone groups is 1. The van der Waals surface area contributed by atoms with E-state index in [1.807, 2.05) is 29.3 Å². The van der Waals surface area contributed by atoms with Gasteiger partial charge in [-0.1, -0.05) is 11.8 Å². The molecule has 2 aromatic carbocycles. The van der Waals surface area contributed by atoms with Gasteiger partial charge in [-0.05, 0) is 57.3 Å². The maximum atomic E-state index is 14.2. The van der Waals surface area contributed by atoms with Crippen LogP contribution in [-0.4, -0.2) is 67.5 Å². The molecule has 0 unspecified atom stereocenters. The Morgan fingerprint density at radius 3 is 2.30 bits per heavy atom. The molecule has 0 atom stereocenters. The lowest BCUT2D eigenvalue weighted by molar-refractivity contribution is 0.159. The van der Waals surface area contributed by atoms with Crippen molar-refractivity contribution in [1.29, 1.82) is 0 Å². The molecule has 1 saturated heterocycles. The fraction of sp³-hybridized carbons (Fsp3) is 0.375. The van der Waals surface area contributed by atoms with Crippen LogP contribution in [0.15, 0.2) is 41.5 Å². The Bertz CT molecular complexity index is 934. The van der Waals surface area contributed by atoms with Crippen LogP contribution in [-0.2, 0) is 0 Å². The lowest BCUT2D eigenvalue weighted by atomic mass is 10.1. The van der Waals surface area contributed by atoms with Gasteiger partial charge in [0.15, 0.2) is 11.6 Å². The predicted octanol–water partition coefficient (Wildman–Crippen LogP) is 3.36. The lowest BCUT2D eigenvalue weighted by Gasteiger charge is -2.30. The molecule has 1 heterocycles. The average molecular weight is 409 g/mol. The molecule has 0 aromatic heterocycles. The summed E-state index contributed by atoms with van der Waals surface area (Å²) in [5.74, 6) is 4.97. The van der Waals surface area contributed by atoms with Crippen LogP contribution in [0.25, 0.3) is 0 Å². The highest BCUT2D eigenvalue weighted by molar-refractivity contribution is 5.84. The van der Waals surface area contributed by atoms with Crippen molar-refractivity contribution in [2.45, 2.75) is 13.8 Å². The zero-order valence-corrected chi connectivity index (χ0v) is 17.9. The van der Waals surface area contributed by atoms with Gasteiger partial charge in [0.1, 0.15) is 0 Å². The van der Waals surface area contributed by atoms with Gasteiger partial charge in [0.25, 0.3) is 0 Å². The van der Waals surface area contributed by atoms with E-state index in [2.05, 4.69) is 47.6 Å². The highest BCUT2D eigenvalue weighted by Crippen LogP contribution is 2.22. The molecule has 1 fully saturated rings. The molecule has 1 aliphatic heterocycles. The quantitative estimate of drug-likeness (QED) is 0.609. The molecular weight excluding hydrogens is 379 g/mol. The number of anilines is 1. The van der Waals surface area contributed by atoms with E-state index in [9.17, 15) is 9.50 Å². The topological polar surface area (TPSA) is 42.3 Å². The Kier molecular flexibility index (Phi) is 7.31. The van der Waals surface area contributed by atoms with Crippen LogP contribution < -0.4 is 4.90 Å². The largest absolute Gasteiger partial charge is 0.504 e. The Balaban J connectivity index is 1.76. The van der Waals surface area contributed by atoms with Gasteiger partial charge in [-0.3, -0.25) is 5.01 Å². The first kappa shape index (κ1) is 21.7. The molecule has 1 aliphatic rings. The van der Waals surface area contributed by atoms with Gasteiger partial charge in [0.05, 0.1) is 6.21 Å². The van der Waals surface area contributed by atoms with Crippen molar-refractivity contribution in [3.63, 3.8) is 0 Å². The number of piperazine rings is 1. The lowest BCUT2D eigenvalue weighted by Crippen LogP contribution is -2.41. The van der Waals surface area contributed by atoms with E-state index >= 15 is 0 Å². The number of benzene rings is 2. The van der Waals surface area contributed by atoms with E-state index in [1.54, 1.807) is 6.07 Å². The van der Waals surface area contributed by atoms with Crippen LogP contribution >= 0.6 is 0 Å². The number of halogens is 1. The molecule has 0 aliphatic carbocycles. The summed E-state index contributed by atoms with van der Waals surface area (Å²) in [7, 11) is 2.07. The Morgan fingerprint density at radius 1 is 1.03 bits per heavy atom. The van der Waals surface area contributed by atoms with Crippen LogP contribution in [0.1, 0.15) is 30.5 Å². The Hall–Kier alpha value is -3.04. The minimum absolute atomic E-state index is 0.329. The molecule has 1 N–H and O–H groups in total. The van der Waals surface area contributed by atoms with Crippen molar-refractivity contribution in [1.82, 2.24) is 9.91 Å². The third kappa shape index (κ3) is 5.52. The highest BCUT2D eigenvalue weighted by atomic mass is 19.1. The molecule has 3 rings (SSSR count). The molecule has 0 radical (unpaired) electrons. The van der Waals surface area contributed by atoms with Crippen molar-refractivity contribution in [2.24, 2.45) is 5.10 Å². The summed E-state index contributed by atoms with van der Waals surface area (Å²) < 4.78 is 14.2. The minimum atomic E-state index is -0.696. The van der Waals surface area contributed by atoms with Crippen molar-refractivity contribution in [2.75, 3.05) is 51.2 Å². The summed E-state index contributed by atoms with van der Waals surface area (Å²) in [4.78, 5) is 4.49. The number of aromatic hydroxyl groups is 1. The summed E-state index contributed by atoms with van der Waals surface area (Å²) in [5.41, 5.74) is 2.84. The summed E-state index contributed by atoms with van der Waals surface area (Å²) in [6, 6.07) is 10.9. The second-order valence-electron chi connectivity index (χ2n) is 7.37. The van der Waals surface area contributed by atoms with Gasteiger partial charge >= 0.3 is 0 Å². The maximum Gasteiger partial charge on any atom is 0.166 e. The SMILES string of the molecule is CCN(CC)c1ccc(C#Cc2cc(F)c(O)c(/C=N/N3CCN(C)CC3)c2)cc1. The van der Waals surface area contributed by atoms with Gasteiger partial charge in [-0.25, -0.2) is 4.39 Å². The van der Waals surface area contributed by atoms with E-state index < -0.39 is 11.6 Å². The van der Waals surface area contributed by atoms with E-state index in [0.717, 1.165) is 50.5 Å². The standard InChI is InChI=1S/C24H29FN4O/c1-4-28(5-2)22-10-8-19(9-11-22)6-7-20-16-21(24(30)23(25)17-20)18-26-29-14-12-27(3)13-15-29/h8-11,16-18,30H,4-5,12-15H2,1-3H3/b26-18+. The van der Waals surface area contributed by atoms with Crippen LogP contribution in [0.2, 0.25) is 0 Å². The zero-order valence-electron chi connectivity index (χ0n) is 17.9. The summed E-state index contributed by atoms with van der Waals surface area (Å²) >= 11 is 0. The molecule has 2 aromatic rings. The summed E-state index contributed by atoms with van der Waals surface area (Å²) in [6.45, 7) is 9.62. The number of likely N-dealkylation sites (N-methyl/N-ethyl adjacent to an activating group) is 1. The zero-order chi connectivity index (χ0) is 21.5. The second-order valence-corrected chi connectivity index (χ2v) is 7.37. The Labute approximate surface area is 178 Å². The first-order valence-corrected chi connectivity index (χ1v) is 10.4. The van der Waals surface area contributed by atoms with E-state index in [0.29, 0.717) is 11.1 Å². The molecule has 6 heteroatoms. The number of nitrogens with zero attached hydrogens (tertiary/aromatic N) is 4. The van der Waals surface area contributed by atoms with Gasteiger partial charge in [-0.2, -0.15) is 5.10 Å². The monoisotopic (exact) mass is 408 g/mol. The molecule has 0 bridgehead atoms. The van der Waals surface area contributed by atoms with Gasteiger partial charge in [0.2, 0.25) is 0 Å². The third-order valence-electron chi connectivity index (χ3n) is 5.28. The second kappa shape index (κ2) is 10.1. The van der Waals surface area contributed by atoms with Crippen molar-refractivity contribution < 1.29 is 9.50 Å². The van der Waals surface area contributed by atoms with Crippen LogP contribution in [0.4, 0.5) is 10.1 Å². The smallest absolute Gasteiger partial charge is 0.166 e. The van der Waals surface area contributed by atoms with Gasteiger partial charge in [-0.15, -0.1) is 0 Å². The molecular formula is C24H29FN4O. The average Bonchev–Trinajstić information content (AvgIpc) is 2.76.